The van der Waals surface area contributed by atoms with Crippen LogP contribution in [0.2, 0.25) is 0 Å². The molecule has 0 amide bonds. The van der Waals surface area contributed by atoms with Gasteiger partial charge in [0.1, 0.15) is 11.6 Å². The number of aryl methyl sites for hydroxylation is 1. The fourth-order valence-corrected chi connectivity index (χ4v) is 2.64. The van der Waals surface area contributed by atoms with Crippen LogP contribution in [0, 0.1) is 6.92 Å². The molecule has 1 N–H and O–H groups in total. The van der Waals surface area contributed by atoms with Crippen LogP contribution in [-0.2, 0) is 0 Å². The number of pyridine rings is 2. The molecule has 0 saturated heterocycles. The molecule has 0 spiro atoms. The summed E-state index contributed by atoms with van der Waals surface area (Å²) in [5, 5.41) is 3.28. The van der Waals surface area contributed by atoms with Crippen molar-refractivity contribution >= 4 is 17.3 Å². The SMILES string of the molecule is C=C(Nc1ccccn1)N1CCCN(C)c2ccc(C)nc21. The third-order valence-corrected chi connectivity index (χ3v) is 3.80. The van der Waals surface area contributed by atoms with Gasteiger partial charge in [-0.25, -0.2) is 9.97 Å². The number of hydrogen-bond donors (Lipinski definition) is 1. The third kappa shape index (κ3) is 2.88. The number of hydrogen-bond acceptors (Lipinski definition) is 5. The summed E-state index contributed by atoms with van der Waals surface area (Å²) in [6, 6.07) is 9.96. The monoisotopic (exact) mass is 295 g/mol. The Labute approximate surface area is 131 Å². The fraction of sp³-hybridized carbons (Fsp3) is 0.294. The molecule has 0 radical (unpaired) electrons. The van der Waals surface area contributed by atoms with E-state index in [4.69, 9.17) is 4.98 Å². The van der Waals surface area contributed by atoms with Gasteiger partial charge in [-0.15, -0.1) is 0 Å². The lowest BCUT2D eigenvalue weighted by Crippen LogP contribution is -2.28. The van der Waals surface area contributed by atoms with E-state index in [1.807, 2.05) is 31.2 Å². The van der Waals surface area contributed by atoms with Crippen molar-refractivity contribution in [2.24, 2.45) is 0 Å². The maximum Gasteiger partial charge on any atom is 0.158 e. The van der Waals surface area contributed by atoms with Crippen molar-refractivity contribution in [1.82, 2.24) is 9.97 Å². The molecule has 0 saturated carbocycles. The molecule has 3 heterocycles. The van der Waals surface area contributed by atoms with Gasteiger partial charge >= 0.3 is 0 Å². The van der Waals surface area contributed by atoms with Gasteiger partial charge < -0.3 is 15.1 Å². The standard InChI is InChI=1S/C17H21N5/c1-13-8-9-15-17(19-13)22(12-6-11-21(15)3)14(2)20-16-7-4-5-10-18-16/h4-5,7-10H,2,6,11-12H2,1,3H3,(H,18,20). The van der Waals surface area contributed by atoms with Crippen molar-refractivity contribution in [1.29, 1.82) is 0 Å². The first kappa shape index (κ1) is 14.4. The number of aromatic nitrogens is 2. The predicted octanol–water partition coefficient (Wildman–Crippen LogP) is 3.01. The highest BCUT2D eigenvalue weighted by Crippen LogP contribution is 2.31. The maximum atomic E-state index is 4.73. The second-order valence-corrected chi connectivity index (χ2v) is 5.51. The Kier molecular flexibility index (Phi) is 3.96. The van der Waals surface area contributed by atoms with E-state index in [1.165, 1.54) is 0 Å². The van der Waals surface area contributed by atoms with Gasteiger partial charge in [0.15, 0.2) is 5.82 Å². The summed E-state index contributed by atoms with van der Waals surface area (Å²) >= 11 is 0. The lowest BCUT2D eigenvalue weighted by atomic mass is 10.3. The van der Waals surface area contributed by atoms with Gasteiger partial charge in [-0.1, -0.05) is 12.6 Å². The molecule has 2 aromatic heterocycles. The van der Waals surface area contributed by atoms with E-state index >= 15 is 0 Å². The number of anilines is 3. The van der Waals surface area contributed by atoms with Gasteiger partial charge in [-0.3, -0.25) is 0 Å². The molecule has 5 heteroatoms. The molecule has 0 atom stereocenters. The third-order valence-electron chi connectivity index (χ3n) is 3.80. The molecule has 0 bridgehead atoms. The Morgan fingerprint density at radius 2 is 2.09 bits per heavy atom. The van der Waals surface area contributed by atoms with Crippen LogP contribution in [0.25, 0.3) is 0 Å². The molecule has 1 aliphatic rings. The first-order valence-corrected chi connectivity index (χ1v) is 7.48. The Hall–Kier alpha value is -2.56. The van der Waals surface area contributed by atoms with Crippen LogP contribution in [0.1, 0.15) is 12.1 Å². The smallest absolute Gasteiger partial charge is 0.158 e. The molecule has 3 rings (SSSR count). The lowest BCUT2D eigenvalue weighted by Gasteiger charge is -2.27. The van der Waals surface area contributed by atoms with E-state index in [-0.39, 0.29) is 0 Å². The largest absolute Gasteiger partial charge is 0.372 e. The zero-order valence-corrected chi connectivity index (χ0v) is 13.1. The van der Waals surface area contributed by atoms with Crippen molar-refractivity contribution < 1.29 is 0 Å². The van der Waals surface area contributed by atoms with Crippen molar-refractivity contribution in [3.05, 3.63) is 54.6 Å². The van der Waals surface area contributed by atoms with E-state index in [0.717, 1.165) is 48.3 Å². The second kappa shape index (κ2) is 6.05. The summed E-state index contributed by atoms with van der Waals surface area (Å²) in [5.41, 5.74) is 2.14. The lowest BCUT2D eigenvalue weighted by molar-refractivity contribution is 0.788. The molecule has 0 aromatic carbocycles. The molecular formula is C17H21N5. The van der Waals surface area contributed by atoms with Crippen LogP contribution in [0.4, 0.5) is 17.3 Å². The zero-order valence-electron chi connectivity index (χ0n) is 13.1. The topological polar surface area (TPSA) is 44.3 Å². The highest BCUT2D eigenvalue weighted by atomic mass is 15.3. The highest BCUT2D eigenvalue weighted by molar-refractivity contribution is 5.71. The van der Waals surface area contributed by atoms with Crippen LogP contribution in [-0.4, -0.2) is 30.1 Å². The summed E-state index contributed by atoms with van der Waals surface area (Å²) in [7, 11) is 2.11. The van der Waals surface area contributed by atoms with Crippen LogP contribution in [0.15, 0.2) is 48.9 Å². The normalized spacial score (nSPS) is 14.3. The van der Waals surface area contributed by atoms with E-state index < -0.39 is 0 Å². The molecule has 0 unspecified atom stereocenters. The van der Waals surface area contributed by atoms with Crippen molar-refractivity contribution in [3.63, 3.8) is 0 Å². The van der Waals surface area contributed by atoms with Crippen molar-refractivity contribution in [3.8, 4) is 0 Å². The average molecular weight is 295 g/mol. The van der Waals surface area contributed by atoms with E-state index in [9.17, 15) is 0 Å². The Morgan fingerprint density at radius 3 is 2.86 bits per heavy atom. The zero-order chi connectivity index (χ0) is 15.5. The minimum absolute atomic E-state index is 0.791. The first-order chi connectivity index (χ1) is 10.6. The summed E-state index contributed by atoms with van der Waals surface area (Å²) in [6.45, 7) is 8.08. The Morgan fingerprint density at radius 1 is 1.23 bits per heavy atom. The molecule has 0 fully saturated rings. The number of fused-ring (bicyclic) bond motifs is 1. The second-order valence-electron chi connectivity index (χ2n) is 5.51. The maximum absolute atomic E-state index is 4.73. The summed E-state index contributed by atoms with van der Waals surface area (Å²) in [6.07, 6.45) is 2.82. The van der Waals surface area contributed by atoms with Gasteiger partial charge in [0, 0.05) is 32.0 Å². The van der Waals surface area contributed by atoms with Gasteiger partial charge in [0.05, 0.1) is 5.69 Å². The Bertz CT molecular complexity index is 668. The van der Waals surface area contributed by atoms with E-state index in [0.29, 0.717) is 0 Å². The quantitative estimate of drug-likeness (QED) is 0.943. The molecule has 114 valence electrons. The molecule has 5 nitrogen and oxygen atoms in total. The van der Waals surface area contributed by atoms with E-state index in [1.54, 1.807) is 6.20 Å². The number of nitrogens with one attached hydrogen (secondary N) is 1. The van der Waals surface area contributed by atoms with Gasteiger partial charge in [-0.05, 0) is 37.6 Å². The highest BCUT2D eigenvalue weighted by Gasteiger charge is 2.22. The summed E-state index contributed by atoms with van der Waals surface area (Å²) in [4.78, 5) is 13.4. The van der Waals surface area contributed by atoms with Gasteiger partial charge in [-0.2, -0.15) is 0 Å². The van der Waals surface area contributed by atoms with Gasteiger partial charge in [0.2, 0.25) is 0 Å². The molecule has 0 aliphatic carbocycles. The van der Waals surface area contributed by atoms with Crippen molar-refractivity contribution in [2.75, 3.05) is 35.3 Å². The molecular weight excluding hydrogens is 274 g/mol. The van der Waals surface area contributed by atoms with Crippen LogP contribution in [0.3, 0.4) is 0 Å². The first-order valence-electron chi connectivity index (χ1n) is 7.48. The Balaban J connectivity index is 1.91. The van der Waals surface area contributed by atoms with E-state index in [2.05, 4.69) is 39.8 Å². The number of nitrogens with zero attached hydrogens (tertiary/aromatic N) is 4. The fourth-order valence-electron chi connectivity index (χ4n) is 2.64. The summed E-state index contributed by atoms with van der Waals surface area (Å²) < 4.78 is 0. The molecule has 22 heavy (non-hydrogen) atoms. The van der Waals surface area contributed by atoms with Crippen LogP contribution < -0.4 is 15.1 Å². The van der Waals surface area contributed by atoms with Crippen molar-refractivity contribution in [2.45, 2.75) is 13.3 Å². The van der Waals surface area contributed by atoms with Gasteiger partial charge in [0.25, 0.3) is 0 Å². The number of rotatable bonds is 3. The summed E-state index contributed by atoms with van der Waals surface area (Å²) in [5.74, 6) is 2.54. The minimum Gasteiger partial charge on any atom is -0.372 e. The predicted molar refractivity (Wildman–Crippen MR) is 91.2 cm³/mol. The minimum atomic E-state index is 0.791. The molecule has 1 aliphatic heterocycles. The van der Waals surface area contributed by atoms with Crippen LogP contribution >= 0.6 is 0 Å². The van der Waals surface area contributed by atoms with Crippen LogP contribution in [0.5, 0.6) is 0 Å². The molecule has 2 aromatic rings. The average Bonchev–Trinajstić information content (AvgIpc) is 2.67.